The van der Waals surface area contributed by atoms with E-state index >= 15 is 0 Å². The van der Waals surface area contributed by atoms with E-state index in [0.29, 0.717) is 23.0 Å². The molecule has 0 radical (unpaired) electrons. The summed E-state index contributed by atoms with van der Waals surface area (Å²) in [5.41, 5.74) is 1.55. The van der Waals surface area contributed by atoms with Gasteiger partial charge in [-0.05, 0) is 68.7 Å². The van der Waals surface area contributed by atoms with Crippen LogP contribution in [0.4, 0.5) is 5.69 Å². The molecule has 0 unspecified atom stereocenters. The number of benzene rings is 2. The number of nitrogens with zero attached hydrogens (tertiary/aromatic N) is 1. The second-order valence-electron chi connectivity index (χ2n) is 7.01. The molecule has 0 aliphatic carbocycles. The Balaban J connectivity index is 1.90. The molecule has 0 bridgehead atoms. The fourth-order valence-electron chi connectivity index (χ4n) is 2.72. The molecule has 0 saturated carbocycles. The molecule has 2 aromatic carbocycles. The normalized spacial score (nSPS) is 11.3. The number of halogens is 1. The zero-order chi connectivity index (χ0) is 21.4. The van der Waals surface area contributed by atoms with Gasteiger partial charge in [0.25, 0.3) is 0 Å². The predicted molar refractivity (Wildman–Crippen MR) is 117 cm³/mol. The average molecular weight is 439 g/mol. The number of sulfonamides is 1. The third-order valence-corrected chi connectivity index (χ3v) is 5.45. The molecule has 0 aliphatic heterocycles. The summed E-state index contributed by atoms with van der Waals surface area (Å²) >= 11 is 5.86. The maximum absolute atomic E-state index is 12.3. The number of carbonyl (C=O) groups is 1. The van der Waals surface area contributed by atoms with Crippen molar-refractivity contribution in [1.29, 1.82) is 0 Å². The van der Waals surface area contributed by atoms with Crippen LogP contribution in [0.5, 0.6) is 5.75 Å². The number of rotatable bonds is 10. The number of anilines is 1. The van der Waals surface area contributed by atoms with Crippen LogP contribution in [0.2, 0.25) is 5.02 Å². The number of hydrogen-bond acceptors (Lipinski definition) is 4. The summed E-state index contributed by atoms with van der Waals surface area (Å²) in [6.07, 6.45) is 2.64. The lowest BCUT2D eigenvalue weighted by Crippen LogP contribution is -2.40. The Hall–Kier alpha value is -2.25. The van der Waals surface area contributed by atoms with Gasteiger partial charge in [-0.15, -0.1) is 0 Å². The molecule has 1 N–H and O–H groups in total. The molecule has 0 spiro atoms. The monoisotopic (exact) mass is 438 g/mol. The van der Waals surface area contributed by atoms with Crippen LogP contribution in [0.15, 0.2) is 48.5 Å². The average Bonchev–Trinajstić information content (AvgIpc) is 2.64. The van der Waals surface area contributed by atoms with Crippen molar-refractivity contribution in [3.8, 4) is 5.75 Å². The molecule has 0 saturated heterocycles. The van der Waals surface area contributed by atoms with Crippen molar-refractivity contribution in [3.05, 3.63) is 59.1 Å². The van der Waals surface area contributed by atoms with Crippen LogP contribution in [0.25, 0.3) is 0 Å². The molecular formula is C21H27ClN2O4S. The van der Waals surface area contributed by atoms with E-state index < -0.39 is 10.0 Å². The summed E-state index contributed by atoms with van der Waals surface area (Å²) in [5.74, 6) is 0.290. The molecule has 1 amide bonds. The molecule has 0 heterocycles. The van der Waals surface area contributed by atoms with Crippen LogP contribution in [-0.4, -0.2) is 39.8 Å². The molecule has 6 nitrogen and oxygen atoms in total. The van der Waals surface area contributed by atoms with Gasteiger partial charge in [-0.25, -0.2) is 8.42 Å². The van der Waals surface area contributed by atoms with Crippen molar-refractivity contribution in [3.63, 3.8) is 0 Å². The summed E-state index contributed by atoms with van der Waals surface area (Å²) < 4.78 is 31.0. The molecule has 0 aromatic heterocycles. The minimum Gasteiger partial charge on any atom is -0.491 e. The van der Waals surface area contributed by atoms with E-state index in [2.05, 4.69) is 5.32 Å². The highest BCUT2D eigenvalue weighted by atomic mass is 35.5. The number of ether oxygens (including phenoxy) is 1. The number of aryl methyl sites for hydroxylation is 1. The predicted octanol–water partition coefficient (Wildman–Crippen LogP) is 3.64. The van der Waals surface area contributed by atoms with Gasteiger partial charge in [0.2, 0.25) is 15.9 Å². The van der Waals surface area contributed by atoms with E-state index in [1.807, 2.05) is 38.1 Å². The van der Waals surface area contributed by atoms with Crippen LogP contribution < -0.4 is 14.4 Å². The largest absolute Gasteiger partial charge is 0.491 e. The van der Waals surface area contributed by atoms with Crippen LogP contribution in [0, 0.1) is 0 Å². The maximum atomic E-state index is 12.3. The van der Waals surface area contributed by atoms with E-state index in [1.54, 1.807) is 24.3 Å². The maximum Gasteiger partial charge on any atom is 0.240 e. The Bertz CT molecular complexity index is 897. The third-order valence-electron chi connectivity index (χ3n) is 4.06. The lowest BCUT2D eigenvalue weighted by molar-refractivity contribution is -0.119. The highest BCUT2D eigenvalue weighted by Crippen LogP contribution is 2.22. The van der Waals surface area contributed by atoms with E-state index in [-0.39, 0.29) is 18.6 Å². The Morgan fingerprint density at radius 1 is 1.10 bits per heavy atom. The lowest BCUT2D eigenvalue weighted by atomic mass is 10.1. The molecule has 0 aliphatic rings. The summed E-state index contributed by atoms with van der Waals surface area (Å²) in [6, 6.07) is 14.2. The summed E-state index contributed by atoms with van der Waals surface area (Å²) in [4.78, 5) is 12.3. The van der Waals surface area contributed by atoms with Gasteiger partial charge in [0, 0.05) is 11.6 Å². The standard InChI is InChI=1S/C21H27ClN2O4S/c1-16(2)28-20-12-10-19(11-13-20)24(29(3,26)27)15-21(25)23-14-4-5-17-6-8-18(22)9-7-17/h6-13,16H,4-5,14-15H2,1-3H3,(H,23,25). The second kappa shape index (κ2) is 10.5. The van der Waals surface area contributed by atoms with Gasteiger partial charge in [0.1, 0.15) is 12.3 Å². The van der Waals surface area contributed by atoms with Crippen molar-refractivity contribution in [2.45, 2.75) is 32.8 Å². The van der Waals surface area contributed by atoms with Gasteiger partial charge < -0.3 is 10.1 Å². The Morgan fingerprint density at radius 3 is 2.28 bits per heavy atom. The van der Waals surface area contributed by atoms with Crippen molar-refractivity contribution in [2.24, 2.45) is 0 Å². The van der Waals surface area contributed by atoms with Crippen LogP contribution >= 0.6 is 11.6 Å². The SMILES string of the molecule is CC(C)Oc1ccc(N(CC(=O)NCCCc2ccc(Cl)cc2)S(C)(=O)=O)cc1. The number of hydrogen-bond donors (Lipinski definition) is 1. The number of amides is 1. The van der Waals surface area contributed by atoms with E-state index in [1.165, 1.54) is 0 Å². The van der Waals surface area contributed by atoms with Crippen LogP contribution in [0.1, 0.15) is 25.8 Å². The minimum atomic E-state index is -3.61. The fourth-order valence-corrected chi connectivity index (χ4v) is 3.70. The molecule has 0 atom stereocenters. The molecule has 158 valence electrons. The van der Waals surface area contributed by atoms with Gasteiger partial charge in [0.15, 0.2) is 0 Å². The first kappa shape index (κ1) is 23.0. The number of carbonyl (C=O) groups excluding carboxylic acids is 1. The van der Waals surface area contributed by atoms with Crippen molar-refractivity contribution in [1.82, 2.24) is 5.32 Å². The quantitative estimate of drug-likeness (QED) is 0.574. The molecule has 2 rings (SSSR count). The molecule has 2 aromatic rings. The highest BCUT2D eigenvalue weighted by molar-refractivity contribution is 7.92. The third kappa shape index (κ3) is 7.95. The van der Waals surface area contributed by atoms with Crippen molar-refractivity contribution >= 4 is 33.2 Å². The fraction of sp³-hybridized carbons (Fsp3) is 0.381. The van der Waals surface area contributed by atoms with Gasteiger partial charge in [-0.1, -0.05) is 23.7 Å². The van der Waals surface area contributed by atoms with Crippen LogP contribution in [-0.2, 0) is 21.2 Å². The smallest absolute Gasteiger partial charge is 0.240 e. The molecule has 29 heavy (non-hydrogen) atoms. The minimum absolute atomic E-state index is 0.0190. The Labute approximate surface area is 177 Å². The number of nitrogens with one attached hydrogen (secondary N) is 1. The van der Waals surface area contributed by atoms with Gasteiger partial charge in [-0.2, -0.15) is 0 Å². The summed E-state index contributed by atoms with van der Waals surface area (Å²) in [5, 5.41) is 3.47. The van der Waals surface area contributed by atoms with E-state index in [0.717, 1.165) is 29.0 Å². The van der Waals surface area contributed by atoms with Gasteiger partial charge >= 0.3 is 0 Å². The van der Waals surface area contributed by atoms with Crippen molar-refractivity contribution < 1.29 is 17.9 Å². The van der Waals surface area contributed by atoms with Crippen molar-refractivity contribution in [2.75, 3.05) is 23.7 Å². The zero-order valence-corrected chi connectivity index (χ0v) is 18.5. The topological polar surface area (TPSA) is 75.7 Å². The van der Waals surface area contributed by atoms with E-state index in [4.69, 9.17) is 16.3 Å². The molecular weight excluding hydrogens is 412 g/mol. The summed E-state index contributed by atoms with van der Waals surface area (Å²) in [6.45, 7) is 4.01. The van der Waals surface area contributed by atoms with Gasteiger partial charge in [-0.3, -0.25) is 9.10 Å². The Morgan fingerprint density at radius 2 is 1.72 bits per heavy atom. The summed E-state index contributed by atoms with van der Waals surface area (Å²) in [7, 11) is -3.61. The first-order valence-corrected chi connectivity index (χ1v) is 11.6. The van der Waals surface area contributed by atoms with Gasteiger partial charge in [0.05, 0.1) is 18.0 Å². The first-order valence-electron chi connectivity index (χ1n) is 9.41. The van der Waals surface area contributed by atoms with Crippen LogP contribution in [0.3, 0.4) is 0 Å². The lowest BCUT2D eigenvalue weighted by Gasteiger charge is -2.22. The highest BCUT2D eigenvalue weighted by Gasteiger charge is 2.20. The molecule has 8 heteroatoms. The molecule has 0 fully saturated rings. The van der Waals surface area contributed by atoms with E-state index in [9.17, 15) is 13.2 Å². The zero-order valence-electron chi connectivity index (χ0n) is 16.9. The Kier molecular flexibility index (Phi) is 8.34. The second-order valence-corrected chi connectivity index (χ2v) is 9.35. The first-order chi connectivity index (χ1) is 13.6.